The molecule has 0 spiro atoms. The third kappa shape index (κ3) is 4.08. The maximum atomic E-state index is 10.2. The molecular weight excluding hydrogens is 322 g/mol. The topological polar surface area (TPSA) is 70.6 Å². The smallest absolute Gasteiger partial charge is 0.193 e. The molecule has 1 unspecified atom stereocenters. The minimum atomic E-state index is -0.702. The van der Waals surface area contributed by atoms with Crippen LogP contribution in [0.2, 0.25) is 5.02 Å². The van der Waals surface area contributed by atoms with Gasteiger partial charge in [0, 0.05) is 10.7 Å². The molecule has 0 heterocycles. The van der Waals surface area contributed by atoms with Crippen LogP contribution in [0, 0.1) is 0 Å². The molecule has 24 heavy (non-hydrogen) atoms. The fourth-order valence-corrected chi connectivity index (χ4v) is 3.18. The van der Waals surface area contributed by atoms with Crippen LogP contribution in [0.15, 0.2) is 47.5 Å². The number of nitrogens with two attached hydrogens (primary N) is 1. The predicted molar refractivity (Wildman–Crippen MR) is 99.6 cm³/mol. The van der Waals surface area contributed by atoms with Gasteiger partial charge in [0.1, 0.15) is 0 Å². The molecular formula is C19H22ClN3O. The van der Waals surface area contributed by atoms with Gasteiger partial charge in [-0.05, 0) is 60.6 Å². The highest BCUT2D eigenvalue weighted by Gasteiger charge is 2.13. The Bertz CT molecular complexity index is 728. The van der Waals surface area contributed by atoms with E-state index in [-0.39, 0.29) is 6.54 Å². The van der Waals surface area contributed by atoms with Crippen molar-refractivity contribution in [2.75, 3.05) is 11.9 Å². The van der Waals surface area contributed by atoms with Crippen molar-refractivity contribution >= 4 is 23.2 Å². The number of rotatable bonds is 4. The monoisotopic (exact) mass is 343 g/mol. The summed E-state index contributed by atoms with van der Waals surface area (Å²) in [5.41, 5.74) is 10.5. The Labute approximate surface area is 147 Å². The zero-order valence-corrected chi connectivity index (χ0v) is 14.3. The van der Waals surface area contributed by atoms with Gasteiger partial charge in [-0.2, -0.15) is 0 Å². The zero-order chi connectivity index (χ0) is 16.9. The number of hydrogen-bond acceptors (Lipinski definition) is 2. The van der Waals surface area contributed by atoms with Crippen LogP contribution < -0.4 is 11.1 Å². The number of guanidine groups is 1. The third-order valence-corrected chi connectivity index (χ3v) is 4.60. The molecule has 126 valence electrons. The van der Waals surface area contributed by atoms with Gasteiger partial charge in [-0.1, -0.05) is 35.9 Å². The van der Waals surface area contributed by atoms with Crippen molar-refractivity contribution in [1.82, 2.24) is 0 Å². The van der Waals surface area contributed by atoms with Gasteiger partial charge in [-0.3, -0.25) is 4.99 Å². The lowest BCUT2D eigenvalue weighted by atomic mass is 9.90. The summed E-state index contributed by atoms with van der Waals surface area (Å²) in [5, 5.41) is 14.0. The summed E-state index contributed by atoms with van der Waals surface area (Å²) in [6.45, 7) is 0.204. The van der Waals surface area contributed by atoms with Crippen LogP contribution in [0.5, 0.6) is 0 Å². The first-order valence-electron chi connectivity index (χ1n) is 8.25. The highest BCUT2D eigenvalue weighted by Crippen LogP contribution is 2.27. The third-order valence-electron chi connectivity index (χ3n) is 4.35. The fourth-order valence-electron chi connectivity index (χ4n) is 3.05. The van der Waals surface area contributed by atoms with Gasteiger partial charge in [0.2, 0.25) is 0 Å². The SMILES string of the molecule is NC(=NCC(O)c1ccc(Cl)cc1)Nc1cccc2c1CCCC2. The van der Waals surface area contributed by atoms with Gasteiger partial charge in [0.15, 0.2) is 5.96 Å². The molecule has 1 aliphatic carbocycles. The van der Waals surface area contributed by atoms with Crippen molar-refractivity contribution in [3.05, 3.63) is 64.2 Å². The molecule has 5 heteroatoms. The summed E-state index contributed by atoms with van der Waals surface area (Å²) in [6, 6.07) is 13.3. The Balaban J connectivity index is 1.65. The number of nitrogens with zero attached hydrogens (tertiary/aromatic N) is 1. The Morgan fingerprint density at radius 3 is 2.71 bits per heavy atom. The first-order chi connectivity index (χ1) is 11.6. The molecule has 0 aromatic heterocycles. The maximum absolute atomic E-state index is 10.2. The molecule has 2 aromatic carbocycles. The Morgan fingerprint density at radius 2 is 1.92 bits per heavy atom. The zero-order valence-electron chi connectivity index (χ0n) is 13.5. The number of fused-ring (bicyclic) bond motifs is 1. The number of aliphatic hydroxyl groups is 1. The highest BCUT2D eigenvalue weighted by atomic mass is 35.5. The van der Waals surface area contributed by atoms with Gasteiger partial charge >= 0.3 is 0 Å². The van der Waals surface area contributed by atoms with E-state index in [2.05, 4.69) is 16.4 Å². The van der Waals surface area contributed by atoms with Crippen molar-refractivity contribution < 1.29 is 5.11 Å². The van der Waals surface area contributed by atoms with Crippen molar-refractivity contribution in [2.24, 2.45) is 10.7 Å². The van der Waals surface area contributed by atoms with Crippen molar-refractivity contribution in [3.8, 4) is 0 Å². The molecule has 1 aliphatic rings. The molecule has 0 saturated carbocycles. The second kappa shape index (κ2) is 7.69. The number of aryl methyl sites for hydroxylation is 1. The molecule has 0 fully saturated rings. The van der Waals surface area contributed by atoms with E-state index in [0.29, 0.717) is 11.0 Å². The number of aliphatic imine (C=N–C) groups is 1. The minimum absolute atomic E-state index is 0.204. The van der Waals surface area contributed by atoms with Gasteiger partial charge in [-0.25, -0.2) is 0 Å². The summed E-state index contributed by atoms with van der Waals surface area (Å²) >= 11 is 5.85. The minimum Gasteiger partial charge on any atom is -0.386 e. The van der Waals surface area contributed by atoms with Crippen LogP contribution in [-0.2, 0) is 12.8 Å². The normalized spacial score (nSPS) is 15.7. The fraction of sp³-hybridized carbons (Fsp3) is 0.316. The summed E-state index contributed by atoms with van der Waals surface area (Å²) in [4.78, 5) is 4.27. The van der Waals surface area contributed by atoms with E-state index in [1.54, 1.807) is 24.3 Å². The molecule has 0 saturated heterocycles. The van der Waals surface area contributed by atoms with E-state index < -0.39 is 6.10 Å². The van der Waals surface area contributed by atoms with E-state index in [4.69, 9.17) is 17.3 Å². The standard InChI is InChI=1S/C19H22ClN3O/c20-15-10-8-14(9-11-15)18(24)12-22-19(21)23-17-7-3-5-13-4-1-2-6-16(13)17/h3,5,7-11,18,24H,1-2,4,6,12H2,(H3,21,22,23). The first-order valence-corrected chi connectivity index (χ1v) is 8.62. The molecule has 2 aromatic rings. The van der Waals surface area contributed by atoms with E-state index in [9.17, 15) is 5.11 Å². The van der Waals surface area contributed by atoms with Crippen molar-refractivity contribution in [1.29, 1.82) is 0 Å². The number of nitrogens with one attached hydrogen (secondary N) is 1. The molecule has 0 amide bonds. The summed E-state index contributed by atoms with van der Waals surface area (Å²) in [7, 11) is 0. The molecule has 0 radical (unpaired) electrons. The number of hydrogen-bond donors (Lipinski definition) is 3. The lowest BCUT2D eigenvalue weighted by Gasteiger charge is -2.20. The van der Waals surface area contributed by atoms with Crippen LogP contribution in [-0.4, -0.2) is 17.6 Å². The van der Waals surface area contributed by atoms with E-state index in [1.807, 2.05) is 12.1 Å². The largest absolute Gasteiger partial charge is 0.386 e. The van der Waals surface area contributed by atoms with E-state index in [0.717, 1.165) is 24.1 Å². The van der Waals surface area contributed by atoms with Crippen LogP contribution in [0.4, 0.5) is 5.69 Å². The Kier molecular flexibility index (Phi) is 5.38. The first kappa shape index (κ1) is 16.8. The quantitative estimate of drug-likeness (QED) is 0.586. The van der Waals surface area contributed by atoms with Crippen LogP contribution in [0.1, 0.15) is 35.6 Å². The lowest BCUT2D eigenvalue weighted by Crippen LogP contribution is -2.25. The van der Waals surface area contributed by atoms with Crippen molar-refractivity contribution in [2.45, 2.75) is 31.8 Å². The molecule has 0 aliphatic heterocycles. The molecule has 4 N–H and O–H groups in total. The molecule has 3 rings (SSSR count). The van der Waals surface area contributed by atoms with Crippen molar-refractivity contribution in [3.63, 3.8) is 0 Å². The van der Waals surface area contributed by atoms with Crippen LogP contribution >= 0.6 is 11.6 Å². The maximum Gasteiger partial charge on any atom is 0.193 e. The summed E-state index contributed by atoms with van der Waals surface area (Å²) in [5.74, 6) is 0.321. The second-order valence-electron chi connectivity index (χ2n) is 6.07. The summed E-state index contributed by atoms with van der Waals surface area (Å²) in [6.07, 6.45) is 3.94. The molecule has 4 nitrogen and oxygen atoms in total. The van der Waals surface area contributed by atoms with Crippen LogP contribution in [0.25, 0.3) is 0 Å². The Morgan fingerprint density at radius 1 is 1.17 bits per heavy atom. The van der Waals surface area contributed by atoms with Gasteiger partial charge < -0.3 is 16.2 Å². The second-order valence-corrected chi connectivity index (χ2v) is 6.51. The Hall–Kier alpha value is -2.04. The summed E-state index contributed by atoms with van der Waals surface area (Å²) < 4.78 is 0. The predicted octanol–water partition coefficient (Wildman–Crippen LogP) is 3.68. The number of halogens is 1. The highest BCUT2D eigenvalue weighted by molar-refractivity contribution is 6.30. The van der Waals surface area contributed by atoms with Gasteiger partial charge in [-0.15, -0.1) is 0 Å². The average molecular weight is 344 g/mol. The number of benzene rings is 2. The molecule has 1 atom stereocenters. The van der Waals surface area contributed by atoms with Gasteiger partial charge in [0.05, 0.1) is 12.6 Å². The molecule has 0 bridgehead atoms. The number of aliphatic hydroxyl groups excluding tert-OH is 1. The average Bonchev–Trinajstić information content (AvgIpc) is 2.61. The lowest BCUT2D eigenvalue weighted by molar-refractivity contribution is 0.187. The van der Waals surface area contributed by atoms with E-state index >= 15 is 0 Å². The van der Waals surface area contributed by atoms with Gasteiger partial charge in [0.25, 0.3) is 0 Å². The number of anilines is 1. The van der Waals surface area contributed by atoms with E-state index in [1.165, 1.54) is 24.0 Å². The van der Waals surface area contributed by atoms with Crippen LogP contribution in [0.3, 0.4) is 0 Å².